The average Bonchev–Trinajstić information content (AvgIpc) is 3.91. The molecule has 0 spiro atoms. The zero-order valence-corrected chi connectivity index (χ0v) is 36.1. The highest BCUT2D eigenvalue weighted by atomic mass is 19.1. The van der Waals surface area contributed by atoms with Gasteiger partial charge in [-0.25, -0.2) is 8.78 Å². The SMILES string of the molecule is CNC(=O)c1cccc(NC(=O)c2nn(C)c3ccc(-c4ccc(N5CCCC5=O)cc4-c4ccc(CCN5CCN(c6ccc(C7CCC(=O)NC7=O)cc6F)CC5)cc4)c(F)c23)c1. The van der Waals surface area contributed by atoms with Gasteiger partial charge in [0, 0.05) is 88.7 Å². The third kappa shape index (κ3) is 8.71. The van der Waals surface area contributed by atoms with E-state index in [2.05, 4.69) is 38.1 Å². The lowest BCUT2D eigenvalue weighted by Crippen LogP contribution is -2.47. The number of amides is 5. The molecule has 3 aliphatic heterocycles. The molecule has 0 bridgehead atoms. The molecule has 4 heterocycles. The largest absolute Gasteiger partial charge is 0.367 e. The van der Waals surface area contributed by atoms with Crippen LogP contribution in [0, 0.1) is 11.6 Å². The van der Waals surface area contributed by atoms with Crippen LogP contribution in [-0.4, -0.2) is 90.5 Å². The number of hydrogen-bond donors (Lipinski definition) is 3. The van der Waals surface area contributed by atoms with Crippen LogP contribution >= 0.6 is 0 Å². The van der Waals surface area contributed by atoms with Crippen LogP contribution < -0.4 is 25.8 Å². The standard InChI is InChI=1S/C50H48F2N8O5/c1-53-48(63)33-5-3-6-34(27-33)54-50(65)47-45-42(57(2)56-47)18-15-38(46(45)52)37-14-13-35(60-21-4-7-44(60)62)29-39(37)31-10-8-30(9-11-31)20-22-58-23-25-59(26-24-58)41-17-12-32(28-40(41)51)36-16-19-43(61)55-49(36)64/h3,5-6,8-15,17-18,27-29,36H,4,7,16,19-26H2,1-2H3,(H,53,63)(H,54,65)(H,55,61,64). The fourth-order valence-corrected chi connectivity index (χ4v) is 9.21. The number of nitrogens with one attached hydrogen (secondary N) is 3. The minimum Gasteiger partial charge on any atom is -0.367 e. The molecule has 6 aromatic rings. The van der Waals surface area contributed by atoms with Crippen LogP contribution in [0.25, 0.3) is 33.2 Å². The second-order valence-corrected chi connectivity index (χ2v) is 16.8. The van der Waals surface area contributed by atoms with Gasteiger partial charge < -0.3 is 20.4 Å². The topological polar surface area (TPSA) is 149 Å². The van der Waals surface area contributed by atoms with Gasteiger partial charge in [-0.2, -0.15) is 5.10 Å². The first-order chi connectivity index (χ1) is 31.4. The van der Waals surface area contributed by atoms with E-state index >= 15 is 8.78 Å². The number of fused-ring (bicyclic) bond motifs is 1. The van der Waals surface area contributed by atoms with Gasteiger partial charge in [-0.15, -0.1) is 0 Å². The van der Waals surface area contributed by atoms with Crippen molar-refractivity contribution < 1.29 is 32.8 Å². The molecule has 15 heteroatoms. The van der Waals surface area contributed by atoms with Gasteiger partial charge >= 0.3 is 0 Å². The number of anilines is 3. The van der Waals surface area contributed by atoms with Gasteiger partial charge in [0.15, 0.2) is 5.69 Å². The summed E-state index contributed by atoms with van der Waals surface area (Å²) >= 11 is 0. The summed E-state index contributed by atoms with van der Waals surface area (Å²) in [6.07, 6.45) is 2.60. The average molecular weight is 879 g/mol. The van der Waals surface area contributed by atoms with E-state index in [0.717, 1.165) is 54.9 Å². The van der Waals surface area contributed by atoms with Crippen molar-refractivity contribution in [3.05, 3.63) is 131 Å². The summed E-state index contributed by atoms with van der Waals surface area (Å²) in [5.41, 5.74) is 6.35. The minimum absolute atomic E-state index is 0.0344. The van der Waals surface area contributed by atoms with Crippen molar-refractivity contribution in [1.29, 1.82) is 0 Å². The number of rotatable bonds is 11. The second kappa shape index (κ2) is 18.1. The normalized spacial score (nSPS) is 16.9. The summed E-state index contributed by atoms with van der Waals surface area (Å²) in [7, 11) is 3.16. The molecular weight excluding hydrogens is 831 g/mol. The molecule has 3 fully saturated rings. The maximum Gasteiger partial charge on any atom is 0.276 e. The van der Waals surface area contributed by atoms with Gasteiger partial charge in [0.05, 0.1) is 22.5 Å². The molecule has 5 aromatic carbocycles. The Morgan fingerprint density at radius 2 is 1.60 bits per heavy atom. The smallest absolute Gasteiger partial charge is 0.276 e. The maximum atomic E-state index is 17.1. The van der Waals surface area contributed by atoms with Gasteiger partial charge in [0.25, 0.3) is 11.8 Å². The highest BCUT2D eigenvalue weighted by Gasteiger charge is 2.30. The highest BCUT2D eigenvalue weighted by molar-refractivity contribution is 6.12. The zero-order valence-electron chi connectivity index (χ0n) is 36.1. The van der Waals surface area contributed by atoms with Crippen molar-refractivity contribution in [3.63, 3.8) is 0 Å². The van der Waals surface area contributed by atoms with Crippen molar-refractivity contribution in [2.75, 3.05) is 61.4 Å². The molecule has 5 amide bonds. The first-order valence-corrected chi connectivity index (χ1v) is 21.9. The van der Waals surface area contributed by atoms with Crippen LogP contribution in [0.3, 0.4) is 0 Å². The third-order valence-corrected chi connectivity index (χ3v) is 12.8. The van der Waals surface area contributed by atoms with E-state index in [9.17, 15) is 24.0 Å². The molecule has 0 aliphatic carbocycles. The van der Waals surface area contributed by atoms with Crippen LogP contribution in [0.4, 0.5) is 25.8 Å². The third-order valence-electron chi connectivity index (χ3n) is 12.8. The number of halogens is 2. The van der Waals surface area contributed by atoms with E-state index < -0.39 is 17.6 Å². The number of nitrogens with zero attached hydrogens (tertiary/aromatic N) is 5. The van der Waals surface area contributed by atoms with E-state index in [4.69, 9.17) is 0 Å². The molecule has 3 N–H and O–H groups in total. The zero-order chi connectivity index (χ0) is 45.4. The number of aromatic nitrogens is 2. The lowest BCUT2D eigenvalue weighted by molar-refractivity contribution is -0.134. The number of carbonyl (C=O) groups excluding carboxylic acids is 5. The Bertz CT molecular complexity index is 2870. The molecule has 1 unspecified atom stereocenters. The van der Waals surface area contributed by atoms with Gasteiger partial charge in [-0.3, -0.25) is 38.9 Å². The fraction of sp³-hybridized carbons (Fsp3) is 0.280. The number of hydrogen-bond acceptors (Lipinski definition) is 8. The molecule has 3 saturated heterocycles. The first-order valence-electron chi connectivity index (χ1n) is 21.9. The fourth-order valence-electron chi connectivity index (χ4n) is 9.21. The summed E-state index contributed by atoms with van der Waals surface area (Å²) in [6.45, 7) is 4.18. The second-order valence-electron chi connectivity index (χ2n) is 16.8. The van der Waals surface area contributed by atoms with Gasteiger partial charge in [0.2, 0.25) is 17.7 Å². The Labute approximate surface area is 374 Å². The summed E-state index contributed by atoms with van der Waals surface area (Å²) in [4.78, 5) is 68.9. The maximum absolute atomic E-state index is 17.1. The van der Waals surface area contributed by atoms with E-state index in [1.165, 1.54) is 23.9 Å². The van der Waals surface area contributed by atoms with Crippen LogP contribution in [-0.2, 0) is 27.9 Å². The quantitative estimate of drug-likeness (QED) is 0.120. The number of aryl methyl sites for hydroxylation is 1. The minimum atomic E-state index is -0.631. The van der Waals surface area contributed by atoms with Crippen LogP contribution in [0.2, 0.25) is 0 Å². The molecule has 65 heavy (non-hydrogen) atoms. The Balaban J connectivity index is 0.923. The molecule has 13 nitrogen and oxygen atoms in total. The lowest BCUT2D eigenvalue weighted by Gasteiger charge is -2.36. The summed E-state index contributed by atoms with van der Waals surface area (Å²) < 4.78 is 33.9. The molecule has 1 aromatic heterocycles. The number of piperazine rings is 1. The summed E-state index contributed by atoms with van der Waals surface area (Å²) in [5.74, 6) is -3.13. The Morgan fingerprint density at radius 1 is 0.815 bits per heavy atom. The van der Waals surface area contributed by atoms with Crippen molar-refractivity contribution in [3.8, 4) is 22.3 Å². The molecule has 332 valence electrons. The summed E-state index contributed by atoms with van der Waals surface area (Å²) in [5, 5.41) is 12.2. The molecular formula is C50H48F2N8O5. The van der Waals surface area contributed by atoms with Gasteiger partial charge in [0.1, 0.15) is 11.6 Å². The highest BCUT2D eigenvalue weighted by Crippen LogP contribution is 2.40. The van der Waals surface area contributed by atoms with E-state index in [0.29, 0.717) is 66.1 Å². The summed E-state index contributed by atoms with van der Waals surface area (Å²) in [6, 6.07) is 28.5. The van der Waals surface area contributed by atoms with Crippen molar-refractivity contribution >= 4 is 57.5 Å². The van der Waals surface area contributed by atoms with Crippen LogP contribution in [0.1, 0.15) is 63.6 Å². The van der Waals surface area contributed by atoms with E-state index in [1.807, 2.05) is 35.2 Å². The molecule has 9 rings (SSSR count). The molecule has 1 atom stereocenters. The van der Waals surface area contributed by atoms with Crippen LogP contribution in [0.15, 0.2) is 97.1 Å². The van der Waals surface area contributed by atoms with E-state index in [-0.39, 0.29) is 52.5 Å². The molecule has 0 radical (unpaired) electrons. The Hall–Kier alpha value is -7.26. The van der Waals surface area contributed by atoms with Crippen LogP contribution in [0.5, 0.6) is 0 Å². The van der Waals surface area contributed by atoms with Gasteiger partial charge in [-0.1, -0.05) is 42.5 Å². The first kappa shape index (κ1) is 43.0. The number of imide groups is 1. The number of piperidine rings is 1. The monoisotopic (exact) mass is 878 g/mol. The Morgan fingerprint density at radius 3 is 2.32 bits per heavy atom. The predicted molar refractivity (Wildman–Crippen MR) is 245 cm³/mol. The number of carbonyl (C=O) groups is 5. The van der Waals surface area contributed by atoms with Gasteiger partial charge in [-0.05, 0) is 102 Å². The number of benzene rings is 5. The lowest BCUT2D eigenvalue weighted by atomic mass is 9.90. The molecule has 3 aliphatic rings. The van der Waals surface area contributed by atoms with E-state index in [1.54, 1.807) is 54.4 Å². The molecule has 0 saturated carbocycles. The Kier molecular flexibility index (Phi) is 12.0. The van der Waals surface area contributed by atoms with Crippen molar-refractivity contribution in [2.45, 2.75) is 38.0 Å². The van der Waals surface area contributed by atoms with Crippen molar-refractivity contribution in [2.24, 2.45) is 7.05 Å². The van der Waals surface area contributed by atoms with Crippen molar-refractivity contribution in [1.82, 2.24) is 25.3 Å². The predicted octanol–water partition coefficient (Wildman–Crippen LogP) is 6.81.